The quantitative estimate of drug-likeness (QED) is 0.449. The number of hydrogen-bond acceptors (Lipinski definition) is 8. The topological polar surface area (TPSA) is 113 Å². The minimum atomic E-state index is -5.08. The number of carbonyl (C=O) groups is 1. The number of fused-ring (bicyclic) bond motifs is 1. The molecule has 0 spiro atoms. The van der Waals surface area contributed by atoms with Crippen molar-refractivity contribution in [3.05, 3.63) is 54.2 Å². The summed E-state index contributed by atoms with van der Waals surface area (Å²) in [7, 11) is 4.09. The molecule has 1 aromatic carbocycles. The number of benzene rings is 1. The third-order valence-electron chi connectivity index (χ3n) is 5.71. The first-order chi connectivity index (χ1) is 17.1. The third kappa shape index (κ3) is 5.97. The minimum Gasteiger partial charge on any atom is -0.475 e. The largest absolute Gasteiger partial charge is 0.490 e. The number of aromatic nitrogens is 5. The van der Waals surface area contributed by atoms with Crippen LogP contribution in [0.3, 0.4) is 0 Å². The van der Waals surface area contributed by atoms with Crippen LogP contribution in [0.5, 0.6) is 0 Å². The van der Waals surface area contributed by atoms with Gasteiger partial charge in [-0.25, -0.2) is 9.78 Å². The van der Waals surface area contributed by atoms with Crippen LogP contribution in [-0.2, 0) is 18.3 Å². The van der Waals surface area contributed by atoms with Gasteiger partial charge in [0.2, 0.25) is 11.7 Å². The molecule has 0 saturated carbocycles. The second-order valence-electron chi connectivity index (χ2n) is 8.35. The van der Waals surface area contributed by atoms with Crippen LogP contribution in [0.15, 0.2) is 47.2 Å². The van der Waals surface area contributed by atoms with Gasteiger partial charge in [0.15, 0.2) is 0 Å². The molecule has 0 aliphatic carbocycles. The summed E-state index contributed by atoms with van der Waals surface area (Å²) in [6, 6.07) is 10.3. The minimum absolute atomic E-state index is 0.569. The highest BCUT2D eigenvalue weighted by molar-refractivity contribution is 5.79. The number of alkyl halides is 3. The Balaban J connectivity index is 0.000000384. The molecule has 1 fully saturated rings. The van der Waals surface area contributed by atoms with Crippen LogP contribution >= 0.6 is 0 Å². The smallest absolute Gasteiger partial charge is 0.475 e. The summed E-state index contributed by atoms with van der Waals surface area (Å²) in [6.07, 6.45) is -0.805. The lowest BCUT2D eigenvalue weighted by Gasteiger charge is -2.33. The van der Waals surface area contributed by atoms with Crippen molar-refractivity contribution < 1.29 is 27.6 Å². The van der Waals surface area contributed by atoms with Crippen molar-refractivity contribution in [2.24, 2.45) is 7.05 Å². The Hall–Kier alpha value is -4.00. The zero-order chi connectivity index (χ0) is 25.9. The normalized spacial score (nSPS) is 14.5. The van der Waals surface area contributed by atoms with Gasteiger partial charge in [0, 0.05) is 50.4 Å². The van der Waals surface area contributed by atoms with Crippen LogP contribution < -0.4 is 4.90 Å². The number of aliphatic carboxylic acids is 1. The molecule has 13 heteroatoms. The monoisotopic (exact) mass is 503 g/mol. The number of carboxylic acids is 1. The van der Waals surface area contributed by atoms with Gasteiger partial charge in [-0.05, 0) is 36.9 Å². The SMILES string of the molecule is CN1CCN(c2ccc(-c3noc(Cc4ccc5c(cnn5C)c4)n3)cn2)CC1.O=C(O)C(F)(F)F. The first-order valence-corrected chi connectivity index (χ1v) is 11.0. The van der Waals surface area contributed by atoms with Crippen LogP contribution in [0, 0.1) is 0 Å². The molecule has 36 heavy (non-hydrogen) atoms. The molecule has 5 rings (SSSR count). The van der Waals surface area contributed by atoms with Crippen molar-refractivity contribution in [2.45, 2.75) is 12.6 Å². The predicted octanol–water partition coefficient (Wildman–Crippen LogP) is 2.99. The van der Waals surface area contributed by atoms with Gasteiger partial charge in [-0.15, -0.1) is 0 Å². The molecule has 1 saturated heterocycles. The van der Waals surface area contributed by atoms with E-state index in [2.05, 4.69) is 55.3 Å². The van der Waals surface area contributed by atoms with Crippen LogP contribution in [0.4, 0.5) is 19.0 Å². The molecule has 0 atom stereocenters. The Morgan fingerprint density at radius 1 is 1.08 bits per heavy atom. The maximum Gasteiger partial charge on any atom is 0.490 e. The first-order valence-electron chi connectivity index (χ1n) is 11.0. The molecule has 1 aliphatic heterocycles. The van der Waals surface area contributed by atoms with Crippen LogP contribution in [-0.4, -0.2) is 80.3 Å². The number of carboxylic acid groups (broad SMARTS) is 1. The van der Waals surface area contributed by atoms with E-state index in [0.717, 1.165) is 54.0 Å². The lowest BCUT2D eigenvalue weighted by atomic mass is 10.1. The van der Waals surface area contributed by atoms with Gasteiger partial charge < -0.3 is 19.4 Å². The van der Waals surface area contributed by atoms with Gasteiger partial charge in [0.1, 0.15) is 5.82 Å². The summed E-state index contributed by atoms with van der Waals surface area (Å²) < 4.78 is 39.1. The Bertz CT molecular complexity index is 1330. The van der Waals surface area contributed by atoms with E-state index in [0.29, 0.717) is 18.1 Å². The van der Waals surface area contributed by atoms with Crippen LogP contribution in [0.1, 0.15) is 11.5 Å². The molecule has 0 amide bonds. The lowest BCUT2D eigenvalue weighted by molar-refractivity contribution is -0.192. The van der Waals surface area contributed by atoms with Crippen molar-refractivity contribution in [1.29, 1.82) is 0 Å². The number of aryl methyl sites for hydroxylation is 1. The fourth-order valence-corrected chi connectivity index (χ4v) is 3.68. The number of likely N-dealkylation sites (N-methyl/N-ethyl adjacent to an activating group) is 1. The molecule has 190 valence electrons. The zero-order valence-electron chi connectivity index (χ0n) is 19.6. The molecule has 0 unspecified atom stereocenters. The van der Waals surface area contributed by atoms with Gasteiger partial charge >= 0.3 is 12.1 Å². The van der Waals surface area contributed by atoms with Crippen molar-refractivity contribution in [2.75, 3.05) is 38.1 Å². The Morgan fingerprint density at radius 3 is 2.44 bits per heavy atom. The van der Waals surface area contributed by atoms with E-state index in [1.165, 1.54) is 0 Å². The van der Waals surface area contributed by atoms with Crippen molar-refractivity contribution in [1.82, 2.24) is 29.8 Å². The fraction of sp³-hybridized carbons (Fsp3) is 0.348. The average Bonchev–Trinajstić information content (AvgIpc) is 3.46. The molecular weight excluding hydrogens is 479 g/mol. The summed E-state index contributed by atoms with van der Waals surface area (Å²) in [5.41, 5.74) is 3.08. The predicted molar refractivity (Wildman–Crippen MR) is 124 cm³/mol. The van der Waals surface area contributed by atoms with E-state index in [4.69, 9.17) is 14.4 Å². The fourth-order valence-electron chi connectivity index (χ4n) is 3.68. The molecule has 4 aromatic rings. The standard InChI is InChI=1S/C21H23N7O.C2HF3O2/c1-26-7-9-28(10-8-26)19-6-4-16(13-22-19)21-24-20(29-25-21)12-15-3-5-18-17(11-15)14-23-27(18)2;3-2(4,5)1(6)7/h3-6,11,13-14H,7-10,12H2,1-2H3;(H,6,7). The van der Waals surface area contributed by atoms with Gasteiger partial charge in [-0.2, -0.15) is 23.3 Å². The molecular formula is C23H24F3N7O3. The lowest BCUT2D eigenvalue weighted by Crippen LogP contribution is -2.44. The highest BCUT2D eigenvalue weighted by Gasteiger charge is 2.38. The van der Waals surface area contributed by atoms with Crippen molar-refractivity contribution >= 4 is 22.7 Å². The van der Waals surface area contributed by atoms with E-state index < -0.39 is 12.1 Å². The van der Waals surface area contributed by atoms with E-state index in [9.17, 15) is 13.2 Å². The van der Waals surface area contributed by atoms with E-state index >= 15 is 0 Å². The number of rotatable bonds is 4. The summed E-state index contributed by atoms with van der Waals surface area (Å²) in [4.78, 5) is 22.7. The molecule has 1 N–H and O–H groups in total. The van der Waals surface area contributed by atoms with Crippen LogP contribution in [0.25, 0.3) is 22.3 Å². The molecule has 4 heterocycles. The van der Waals surface area contributed by atoms with Crippen molar-refractivity contribution in [3.8, 4) is 11.4 Å². The maximum atomic E-state index is 10.6. The number of piperazine rings is 1. The Labute approximate surface area is 203 Å². The van der Waals surface area contributed by atoms with Gasteiger partial charge in [-0.3, -0.25) is 4.68 Å². The Kier molecular flexibility index (Phi) is 7.20. The number of halogens is 3. The average molecular weight is 503 g/mol. The van der Waals surface area contributed by atoms with E-state index in [1.807, 2.05) is 36.3 Å². The van der Waals surface area contributed by atoms with E-state index in [1.54, 1.807) is 0 Å². The molecule has 1 aliphatic rings. The third-order valence-corrected chi connectivity index (χ3v) is 5.71. The second kappa shape index (κ2) is 10.3. The summed E-state index contributed by atoms with van der Waals surface area (Å²) >= 11 is 0. The second-order valence-corrected chi connectivity index (χ2v) is 8.35. The highest BCUT2D eigenvalue weighted by Crippen LogP contribution is 2.21. The Morgan fingerprint density at radius 2 is 1.81 bits per heavy atom. The van der Waals surface area contributed by atoms with E-state index in [-0.39, 0.29) is 0 Å². The number of hydrogen-bond donors (Lipinski definition) is 1. The first kappa shape index (κ1) is 25.1. The van der Waals surface area contributed by atoms with Crippen molar-refractivity contribution in [3.63, 3.8) is 0 Å². The molecule has 0 bridgehead atoms. The summed E-state index contributed by atoms with van der Waals surface area (Å²) in [6.45, 7) is 4.11. The zero-order valence-corrected chi connectivity index (χ0v) is 19.6. The number of pyridine rings is 1. The van der Waals surface area contributed by atoms with Gasteiger partial charge in [0.05, 0.1) is 18.1 Å². The summed E-state index contributed by atoms with van der Waals surface area (Å²) in [5.74, 6) is -0.603. The molecule has 0 radical (unpaired) electrons. The van der Waals surface area contributed by atoms with Crippen LogP contribution in [0.2, 0.25) is 0 Å². The highest BCUT2D eigenvalue weighted by atomic mass is 19.4. The summed E-state index contributed by atoms with van der Waals surface area (Å²) in [5, 5.41) is 16.7. The molecule has 10 nitrogen and oxygen atoms in total. The van der Waals surface area contributed by atoms with Gasteiger partial charge in [-0.1, -0.05) is 11.2 Å². The molecule has 3 aromatic heterocycles. The number of nitrogens with zero attached hydrogens (tertiary/aromatic N) is 7. The number of anilines is 1. The van der Waals surface area contributed by atoms with Gasteiger partial charge in [0.25, 0.3) is 0 Å². The maximum absolute atomic E-state index is 10.6.